The van der Waals surface area contributed by atoms with Gasteiger partial charge >= 0.3 is 5.97 Å². The van der Waals surface area contributed by atoms with Gasteiger partial charge in [-0.05, 0) is 35.9 Å². The molecule has 164 valence electrons. The first-order valence-electron chi connectivity index (χ1n) is 9.84. The molecule has 3 heterocycles. The van der Waals surface area contributed by atoms with Crippen LogP contribution in [0.25, 0.3) is 6.08 Å². The van der Waals surface area contributed by atoms with E-state index < -0.39 is 18.5 Å². The fourth-order valence-electron chi connectivity index (χ4n) is 3.32. The fraction of sp³-hybridized carbons (Fsp3) is 0.273. The zero-order chi connectivity index (χ0) is 22.5. The Bertz CT molecular complexity index is 1090. The van der Waals surface area contributed by atoms with Crippen molar-refractivity contribution in [1.29, 1.82) is 5.26 Å². The van der Waals surface area contributed by atoms with Gasteiger partial charge in [-0.25, -0.2) is 4.79 Å². The number of ether oxygens (including phenoxy) is 3. The molecule has 2 aromatic rings. The Labute approximate surface area is 183 Å². The van der Waals surface area contributed by atoms with Crippen molar-refractivity contribution in [1.82, 2.24) is 9.80 Å². The highest BCUT2D eigenvalue weighted by Crippen LogP contribution is 2.33. The standard InChI is InChI=1S/C22H19N3O7/c23-12-16(10-15-3-4-17-19(11-15)32-14-31-17)22(28)30-13-20(26)24-5-7-25(8-6-24)21(27)18-2-1-9-29-18/h1-4,9-11H,5-8,13-14H2/b16-10-. The predicted octanol–water partition coefficient (Wildman–Crippen LogP) is 1.44. The highest BCUT2D eigenvalue weighted by Gasteiger charge is 2.26. The lowest BCUT2D eigenvalue weighted by molar-refractivity contribution is -0.149. The van der Waals surface area contributed by atoms with Gasteiger partial charge in [-0.15, -0.1) is 0 Å². The topological polar surface area (TPSA) is 122 Å². The number of carbonyl (C=O) groups is 3. The summed E-state index contributed by atoms with van der Waals surface area (Å²) in [7, 11) is 0. The summed E-state index contributed by atoms with van der Waals surface area (Å²) < 4.78 is 20.6. The molecule has 1 fully saturated rings. The van der Waals surface area contributed by atoms with Crippen LogP contribution >= 0.6 is 0 Å². The van der Waals surface area contributed by atoms with Gasteiger partial charge in [0.25, 0.3) is 11.8 Å². The summed E-state index contributed by atoms with van der Waals surface area (Å²) in [5, 5.41) is 9.31. The number of rotatable bonds is 5. The maximum atomic E-state index is 12.4. The Morgan fingerprint density at radius 2 is 1.81 bits per heavy atom. The summed E-state index contributed by atoms with van der Waals surface area (Å²) in [6.45, 7) is 0.912. The van der Waals surface area contributed by atoms with Gasteiger partial charge < -0.3 is 28.4 Å². The summed E-state index contributed by atoms with van der Waals surface area (Å²) in [5.74, 6) is -0.184. The number of hydrogen-bond donors (Lipinski definition) is 0. The molecular weight excluding hydrogens is 418 g/mol. The van der Waals surface area contributed by atoms with Gasteiger partial charge in [-0.2, -0.15) is 5.26 Å². The molecule has 0 N–H and O–H groups in total. The van der Waals surface area contributed by atoms with Gasteiger partial charge in [0.05, 0.1) is 6.26 Å². The van der Waals surface area contributed by atoms with Crippen LogP contribution in [0.15, 0.2) is 46.6 Å². The fourth-order valence-corrected chi connectivity index (χ4v) is 3.32. The number of nitrogens with zero attached hydrogens (tertiary/aromatic N) is 3. The average molecular weight is 437 g/mol. The van der Waals surface area contributed by atoms with Crippen molar-refractivity contribution in [2.75, 3.05) is 39.6 Å². The molecule has 0 radical (unpaired) electrons. The maximum absolute atomic E-state index is 12.4. The summed E-state index contributed by atoms with van der Waals surface area (Å²) in [6, 6.07) is 10.0. The number of piperazine rings is 1. The van der Waals surface area contributed by atoms with E-state index in [-0.39, 0.29) is 24.0 Å². The Balaban J connectivity index is 1.28. The second-order valence-corrected chi connectivity index (χ2v) is 7.01. The molecule has 2 amide bonds. The minimum Gasteiger partial charge on any atom is -0.459 e. The molecule has 2 aliphatic rings. The van der Waals surface area contributed by atoms with Crippen LogP contribution in [0.1, 0.15) is 16.1 Å². The van der Waals surface area contributed by atoms with E-state index in [2.05, 4.69) is 0 Å². The first-order chi connectivity index (χ1) is 15.5. The van der Waals surface area contributed by atoms with Gasteiger partial charge in [0.1, 0.15) is 11.6 Å². The van der Waals surface area contributed by atoms with Crippen molar-refractivity contribution >= 4 is 23.9 Å². The summed E-state index contributed by atoms with van der Waals surface area (Å²) in [4.78, 5) is 40.0. The van der Waals surface area contributed by atoms with Crippen molar-refractivity contribution in [3.05, 3.63) is 53.5 Å². The molecule has 0 saturated carbocycles. The van der Waals surface area contributed by atoms with Crippen LogP contribution in [0.5, 0.6) is 11.5 Å². The zero-order valence-corrected chi connectivity index (χ0v) is 17.0. The summed E-state index contributed by atoms with van der Waals surface area (Å²) in [6.07, 6.45) is 2.78. The highest BCUT2D eigenvalue weighted by molar-refractivity contribution is 5.99. The van der Waals surface area contributed by atoms with E-state index in [4.69, 9.17) is 18.6 Å². The maximum Gasteiger partial charge on any atom is 0.349 e. The number of nitriles is 1. The molecule has 1 saturated heterocycles. The van der Waals surface area contributed by atoms with Crippen molar-refractivity contribution in [3.63, 3.8) is 0 Å². The molecule has 0 bridgehead atoms. The third-order valence-corrected chi connectivity index (χ3v) is 5.03. The number of esters is 1. The van der Waals surface area contributed by atoms with Crippen LogP contribution in [-0.2, 0) is 14.3 Å². The predicted molar refractivity (Wildman–Crippen MR) is 108 cm³/mol. The molecule has 0 aliphatic carbocycles. The van der Waals surface area contributed by atoms with E-state index in [0.29, 0.717) is 43.2 Å². The number of fused-ring (bicyclic) bond motifs is 1. The molecule has 4 rings (SSSR count). The minimum absolute atomic E-state index is 0.114. The smallest absolute Gasteiger partial charge is 0.349 e. The van der Waals surface area contributed by atoms with Crippen LogP contribution in [0.4, 0.5) is 0 Å². The number of hydrogen-bond acceptors (Lipinski definition) is 8. The zero-order valence-electron chi connectivity index (χ0n) is 17.0. The second-order valence-electron chi connectivity index (χ2n) is 7.01. The van der Waals surface area contributed by atoms with Gasteiger partial charge in [-0.1, -0.05) is 6.07 Å². The summed E-state index contributed by atoms with van der Waals surface area (Å²) in [5.41, 5.74) is 0.317. The first kappa shape index (κ1) is 21.0. The van der Waals surface area contributed by atoms with E-state index in [9.17, 15) is 19.6 Å². The van der Waals surface area contributed by atoms with E-state index in [1.54, 1.807) is 41.3 Å². The van der Waals surface area contributed by atoms with Gasteiger partial charge in [0, 0.05) is 26.2 Å². The van der Waals surface area contributed by atoms with Crippen molar-refractivity contribution < 1.29 is 33.0 Å². The van der Waals surface area contributed by atoms with Crippen LogP contribution in [0.2, 0.25) is 0 Å². The molecule has 1 aromatic heterocycles. The average Bonchev–Trinajstić information content (AvgIpc) is 3.52. The Kier molecular flexibility index (Phi) is 6.07. The number of amides is 2. The Morgan fingerprint density at radius 1 is 1.06 bits per heavy atom. The lowest BCUT2D eigenvalue weighted by Gasteiger charge is -2.34. The van der Waals surface area contributed by atoms with Gasteiger partial charge in [-0.3, -0.25) is 9.59 Å². The molecule has 0 unspecified atom stereocenters. The van der Waals surface area contributed by atoms with Crippen LogP contribution in [0.3, 0.4) is 0 Å². The quantitative estimate of drug-likeness (QED) is 0.391. The number of benzene rings is 1. The molecule has 1 aromatic carbocycles. The van der Waals surface area contributed by atoms with E-state index in [1.165, 1.54) is 17.2 Å². The molecule has 10 heteroatoms. The first-order valence-corrected chi connectivity index (χ1v) is 9.84. The Hall–Kier alpha value is -4.26. The van der Waals surface area contributed by atoms with Crippen LogP contribution < -0.4 is 9.47 Å². The monoisotopic (exact) mass is 437 g/mol. The number of carbonyl (C=O) groups excluding carboxylic acids is 3. The van der Waals surface area contributed by atoms with Gasteiger partial charge in [0.2, 0.25) is 6.79 Å². The largest absolute Gasteiger partial charge is 0.459 e. The molecular formula is C22H19N3O7. The van der Waals surface area contributed by atoms with Crippen LogP contribution in [-0.4, -0.2) is 67.2 Å². The molecule has 10 nitrogen and oxygen atoms in total. The lowest BCUT2D eigenvalue weighted by atomic mass is 10.1. The molecule has 0 atom stereocenters. The molecule has 0 spiro atoms. The van der Waals surface area contributed by atoms with Crippen molar-refractivity contribution in [3.8, 4) is 17.6 Å². The number of furan rings is 1. The third kappa shape index (κ3) is 4.57. The SMILES string of the molecule is N#C/C(=C/c1ccc2c(c1)OCO2)C(=O)OCC(=O)N1CCN(C(=O)c2ccco2)CC1. The van der Waals surface area contributed by atoms with E-state index in [0.717, 1.165) is 0 Å². The van der Waals surface area contributed by atoms with Crippen LogP contribution in [0, 0.1) is 11.3 Å². The Morgan fingerprint density at radius 3 is 2.53 bits per heavy atom. The second kappa shape index (κ2) is 9.26. The molecule has 2 aliphatic heterocycles. The minimum atomic E-state index is -0.898. The van der Waals surface area contributed by atoms with Crippen molar-refractivity contribution in [2.24, 2.45) is 0 Å². The van der Waals surface area contributed by atoms with Gasteiger partial charge in [0.15, 0.2) is 23.9 Å². The third-order valence-electron chi connectivity index (χ3n) is 5.03. The van der Waals surface area contributed by atoms with Crippen molar-refractivity contribution in [2.45, 2.75) is 0 Å². The summed E-state index contributed by atoms with van der Waals surface area (Å²) >= 11 is 0. The normalized spacial score (nSPS) is 15.3. The lowest BCUT2D eigenvalue weighted by Crippen LogP contribution is -2.51. The van der Waals surface area contributed by atoms with E-state index in [1.807, 2.05) is 0 Å². The molecule has 32 heavy (non-hydrogen) atoms. The van der Waals surface area contributed by atoms with E-state index >= 15 is 0 Å². The highest BCUT2D eigenvalue weighted by atomic mass is 16.7.